The third kappa shape index (κ3) is 1.87. The van der Waals surface area contributed by atoms with Crippen LogP contribution in [0.1, 0.15) is 18.9 Å². The van der Waals surface area contributed by atoms with Crippen LogP contribution in [-0.4, -0.2) is 16.3 Å². The van der Waals surface area contributed by atoms with E-state index in [1.54, 1.807) is 0 Å². The summed E-state index contributed by atoms with van der Waals surface area (Å²) in [6.45, 7) is 2.21. The molecule has 0 unspecified atom stereocenters. The Kier molecular flexibility index (Phi) is 2.99. The molecule has 0 spiro atoms. The van der Waals surface area contributed by atoms with E-state index in [2.05, 4.69) is 47.5 Å². The maximum Gasteiger partial charge on any atom is 0.176 e. The lowest BCUT2D eigenvalue weighted by Gasteiger charge is -2.02. The fourth-order valence-electron chi connectivity index (χ4n) is 1.03. The first-order valence-corrected chi connectivity index (χ1v) is 4.25. The van der Waals surface area contributed by atoms with Crippen LogP contribution in [0.5, 0.6) is 0 Å². The highest BCUT2D eigenvalue weighted by atomic mass is 27.0. The van der Waals surface area contributed by atoms with E-state index < -0.39 is 0 Å². The third-order valence-electron chi connectivity index (χ3n) is 1.57. The maximum atomic E-state index is 2.76. The van der Waals surface area contributed by atoms with Gasteiger partial charge in [-0.3, -0.25) is 0 Å². The first-order chi connectivity index (χ1) is 4.84. The molecule has 0 aromatic heterocycles. The average molecular weight is 146 g/mol. The van der Waals surface area contributed by atoms with Gasteiger partial charge in [-0.1, -0.05) is 43.2 Å². The molecule has 0 bridgehead atoms. The molecule has 0 atom stereocenters. The summed E-state index contributed by atoms with van der Waals surface area (Å²) in [6.07, 6.45) is 2.42. The molecule has 0 nitrogen and oxygen atoms in total. The average Bonchev–Trinajstić information content (AvgIpc) is 1.94. The van der Waals surface area contributed by atoms with Crippen LogP contribution in [0.4, 0.5) is 0 Å². The first kappa shape index (κ1) is 7.86. The van der Waals surface area contributed by atoms with Crippen LogP contribution in [0, 0.1) is 0 Å². The van der Waals surface area contributed by atoms with E-state index in [1.165, 1.54) is 22.8 Å². The molecule has 1 aromatic rings. The summed E-state index contributed by atoms with van der Waals surface area (Å²) in [5.41, 5.74) is 1.45. The zero-order valence-electron chi connectivity index (χ0n) is 6.30. The van der Waals surface area contributed by atoms with Gasteiger partial charge < -0.3 is 0 Å². The molecule has 50 valence electrons. The normalized spacial score (nSPS) is 9.70. The second kappa shape index (κ2) is 3.81. The van der Waals surface area contributed by atoms with Gasteiger partial charge in [0.05, 0.1) is 0 Å². The topological polar surface area (TPSA) is 0 Å². The Morgan fingerprint density at radius 1 is 1.30 bits per heavy atom. The van der Waals surface area contributed by atoms with Crippen molar-refractivity contribution in [1.29, 1.82) is 0 Å². The molecule has 1 rings (SSSR count). The predicted octanol–water partition coefficient (Wildman–Crippen LogP) is 1.43. The van der Waals surface area contributed by atoms with Gasteiger partial charge in [0, 0.05) is 0 Å². The van der Waals surface area contributed by atoms with Crippen LogP contribution in [0.15, 0.2) is 24.3 Å². The molecule has 1 heteroatoms. The summed E-state index contributed by atoms with van der Waals surface area (Å²) < 4.78 is 1.34. The van der Waals surface area contributed by atoms with Gasteiger partial charge in [0.25, 0.3) is 0 Å². The first-order valence-electron chi connectivity index (χ1n) is 3.68. The molecule has 0 heterocycles. The predicted molar refractivity (Wildman–Crippen MR) is 45.8 cm³/mol. The zero-order valence-corrected chi connectivity index (χ0v) is 7.46. The summed E-state index contributed by atoms with van der Waals surface area (Å²) in [5, 5.41) is 0. The van der Waals surface area contributed by atoms with Crippen molar-refractivity contribution in [2.75, 3.05) is 0 Å². The summed E-state index contributed by atoms with van der Waals surface area (Å²) in [7, 11) is 0. The van der Waals surface area contributed by atoms with Gasteiger partial charge in [-0.15, -0.1) is 4.43 Å². The van der Waals surface area contributed by atoms with Crippen LogP contribution in [0.2, 0.25) is 0 Å². The summed E-state index contributed by atoms with van der Waals surface area (Å²) in [6, 6.07) is 8.49. The molecule has 0 saturated carbocycles. The minimum absolute atomic E-state index is 1.19. The van der Waals surface area contributed by atoms with Crippen LogP contribution >= 0.6 is 0 Å². The van der Waals surface area contributed by atoms with Crippen molar-refractivity contribution in [2.45, 2.75) is 19.8 Å². The third-order valence-corrected chi connectivity index (χ3v) is 2.14. The molecule has 0 aliphatic carbocycles. The Hall–Kier alpha value is -0.248. The van der Waals surface area contributed by atoms with Crippen LogP contribution < -0.4 is 4.43 Å². The highest BCUT2D eigenvalue weighted by molar-refractivity contribution is 6.33. The monoisotopic (exact) mass is 146 g/mol. The van der Waals surface area contributed by atoms with Crippen molar-refractivity contribution >= 4 is 20.7 Å². The molecular weight excluding hydrogens is 135 g/mol. The molecule has 10 heavy (non-hydrogen) atoms. The van der Waals surface area contributed by atoms with E-state index in [9.17, 15) is 0 Å². The van der Waals surface area contributed by atoms with Crippen molar-refractivity contribution in [3.63, 3.8) is 0 Å². The molecule has 2 radical (unpaired) electrons. The van der Waals surface area contributed by atoms with Crippen LogP contribution in [0.25, 0.3) is 0 Å². The molecule has 0 aliphatic heterocycles. The minimum Gasteiger partial charge on any atom is -0.136 e. The highest BCUT2D eigenvalue weighted by Crippen LogP contribution is 1.97. The Morgan fingerprint density at radius 3 is 2.60 bits per heavy atom. The smallest absolute Gasteiger partial charge is 0.136 e. The number of rotatable bonds is 2. The standard InChI is InChI=1S/C9H11.Al/c1-2-6-9-7-4-3-5-8-9;/h3-5,7H,2,6H2,1H3;. The van der Waals surface area contributed by atoms with Crippen molar-refractivity contribution < 1.29 is 0 Å². The number of hydrogen-bond acceptors (Lipinski definition) is 0. The number of benzene rings is 1. The second-order valence-electron chi connectivity index (χ2n) is 2.45. The van der Waals surface area contributed by atoms with E-state index in [-0.39, 0.29) is 0 Å². The lowest BCUT2D eigenvalue weighted by Crippen LogP contribution is -2.08. The molecule has 0 aliphatic rings. The fourth-order valence-corrected chi connectivity index (χ4v) is 1.38. The number of aryl methyl sites for hydroxylation is 1. The molecule has 0 N–H and O–H groups in total. The van der Waals surface area contributed by atoms with Crippen LogP contribution in [-0.2, 0) is 6.42 Å². The van der Waals surface area contributed by atoms with Crippen LogP contribution in [0.3, 0.4) is 0 Å². The molecule has 0 amide bonds. The van der Waals surface area contributed by atoms with E-state index >= 15 is 0 Å². The van der Waals surface area contributed by atoms with E-state index in [1.807, 2.05) is 0 Å². The van der Waals surface area contributed by atoms with Crippen molar-refractivity contribution in [3.05, 3.63) is 29.8 Å². The van der Waals surface area contributed by atoms with E-state index in [0.29, 0.717) is 0 Å². The van der Waals surface area contributed by atoms with Crippen molar-refractivity contribution in [1.82, 2.24) is 0 Å². The Labute approximate surface area is 70.7 Å². The Bertz CT molecular complexity index is 206. The number of hydrogen-bond donors (Lipinski definition) is 0. The SMILES string of the molecule is CCCc1cccc[c]1[Al]. The minimum atomic E-state index is 1.19. The summed E-state index contributed by atoms with van der Waals surface area (Å²) >= 11 is 2.76. The van der Waals surface area contributed by atoms with Gasteiger partial charge >= 0.3 is 0 Å². The molecule has 1 aromatic carbocycles. The largest absolute Gasteiger partial charge is 0.176 e. The Morgan fingerprint density at radius 2 is 2.00 bits per heavy atom. The van der Waals surface area contributed by atoms with Gasteiger partial charge in [-0.05, 0) is 6.42 Å². The summed E-state index contributed by atoms with van der Waals surface area (Å²) in [4.78, 5) is 0. The van der Waals surface area contributed by atoms with Crippen molar-refractivity contribution in [3.8, 4) is 0 Å². The quantitative estimate of drug-likeness (QED) is 0.554. The van der Waals surface area contributed by atoms with E-state index in [4.69, 9.17) is 0 Å². The highest BCUT2D eigenvalue weighted by Gasteiger charge is 1.91. The Balaban J connectivity index is 2.81. The maximum absolute atomic E-state index is 2.76. The van der Waals surface area contributed by atoms with Gasteiger partial charge in [0.1, 0.15) is 0 Å². The van der Waals surface area contributed by atoms with Gasteiger partial charge in [-0.25, -0.2) is 0 Å². The second-order valence-corrected chi connectivity index (χ2v) is 3.07. The molecular formula is C9H11Al. The zero-order chi connectivity index (χ0) is 7.40. The molecule has 0 saturated heterocycles. The van der Waals surface area contributed by atoms with E-state index in [0.717, 1.165) is 0 Å². The van der Waals surface area contributed by atoms with Crippen molar-refractivity contribution in [2.24, 2.45) is 0 Å². The van der Waals surface area contributed by atoms with Gasteiger partial charge in [0.2, 0.25) is 0 Å². The lowest BCUT2D eigenvalue weighted by atomic mass is 10.1. The molecule has 0 fully saturated rings. The summed E-state index contributed by atoms with van der Waals surface area (Å²) in [5.74, 6) is 0. The van der Waals surface area contributed by atoms with Gasteiger partial charge in [0.15, 0.2) is 16.3 Å². The lowest BCUT2D eigenvalue weighted by molar-refractivity contribution is 0.927. The fraction of sp³-hybridized carbons (Fsp3) is 0.333. The van der Waals surface area contributed by atoms with Gasteiger partial charge in [-0.2, -0.15) is 0 Å².